The van der Waals surface area contributed by atoms with Gasteiger partial charge in [-0.1, -0.05) is 19.4 Å². The van der Waals surface area contributed by atoms with Crippen LogP contribution in [0.25, 0.3) is 21.8 Å². The highest BCUT2D eigenvalue weighted by Gasteiger charge is 2.37. The summed E-state index contributed by atoms with van der Waals surface area (Å²) in [5, 5.41) is 5.02. The number of benzene rings is 1. The molecule has 3 aromatic rings. The van der Waals surface area contributed by atoms with Crippen LogP contribution in [0, 0.1) is 5.41 Å². The van der Waals surface area contributed by atoms with Gasteiger partial charge in [0, 0.05) is 30.5 Å². The number of piperidine rings is 1. The Labute approximate surface area is 240 Å². The fourth-order valence-electron chi connectivity index (χ4n) is 5.80. The van der Waals surface area contributed by atoms with E-state index >= 15 is 0 Å². The van der Waals surface area contributed by atoms with Gasteiger partial charge in [0.1, 0.15) is 5.75 Å². The number of amides is 2. The highest BCUT2D eigenvalue weighted by molar-refractivity contribution is 7.14. The maximum absolute atomic E-state index is 13.4. The molecule has 0 unspecified atom stereocenters. The lowest BCUT2D eigenvalue weighted by Crippen LogP contribution is -2.44. The lowest BCUT2D eigenvalue weighted by Gasteiger charge is -2.40. The van der Waals surface area contributed by atoms with E-state index in [9.17, 15) is 9.59 Å². The van der Waals surface area contributed by atoms with E-state index in [1.54, 1.807) is 19.5 Å². The van der Waals surface area contributed by atoms with Crippen molar-refractivity contribution in [1.29, 1.82) is 0 Å². The standard InChI is InChI=1S/C31H39N5O3S/c1-5-31(11-6-12-31)17-29(37)33-22-16-28(40-20-22)26-19-32-18-25(34-26)21-7-8-24(27(15-21)39-4)30(38)36(3)23-9-13-35(2)14-10-23/h7-8,15-16,18-20,23H,5-6,9-14,17H2,1-4H3,(H,33,37). The summed E-state index contributed by atoms with van der Waals surface area (Å²) in [7, 11) is 5.58. The Morgan fingerprint density at radius 2 is 1.93 bits per heavy atom. The van der Waals surface area contributed by atoms with E-state index in [4.69, 9.17) is 9.72 Å². The van der Waals surface area contributed by atoms with Crippen LogP contribution in [0.1, 0.15) is 62.2 Å². The summed E-state index contributed by atoms with van der Waals surface area (Å²) in [5.41, 5.74) is 3.76. The summed E-state index contributed by atoms with van der Waals surface area (Å²) in [4.78, 5) is 40.4. The van der Waals surface area contributed by atoms with E-state index in [-0.39, 0.29) is 23.3 Å². The van der Waals surface area contributed by atoms with Crippen molar-refractivity contribution in [2.24, 2.45) is 5.41 Å². The predicted octanol–water partition coefficient (Wildman–Crippen LogP) is 5.96. The summed E-state index contributed by atoms with van der Waals surface area (Å²) in [6.07, 6.45) is 10.5. The molecule has 5 rings (SSSR count). The third-order valence-electron chi connectivity index (χ3n) is 8.75. The number of anilines is 1. The third kappa shape index (κ3) is 6.05. The first-order chi connectivity index (χ1) is 19.3. The molecule has 2 aromatic heterocycles. The van der Waals surface area contributed by atoms with Gasteiger partial charge < -0.3 is 19.9 Å². The van der Waals surface area contributed by atoms with Gasteiger partial charge in [-0.25, -0.2) is 4.98 Å². The Balaban J connectivity index is 1.29. The number of methoxy groups -OCH3 is 1. The van der Waals surface area contributed by atoms with Crippen LogP contribution in [-0.2, 0) is 4.79 Å². The monoisotopic (exact) mass is 561 g/mol. The van der Waals surface area contributed by atoms with Crippen molar-refractivity contribution in [2.45, 2.75) is 57.9 Å². The molecule has 2 aliphatic rings. The highest BCUT2D eigenvalue weighted by Crippen LogP contribution is 2.46. The molecule has 0 bridgehead atoms. The number of likely N-dealkylation sites (tertiary alicyclic amines) is 1. The number of ether oxygens (including phenoxy) is 1. The molecule has 1 aliphatic carbocycles. The highest BCUT2D eigenvalue weighted by atomic mass is 32.1. The molecule has 1 N–H and O–H groups in total. The SMILES string of the molecule is CCC1(CC(=O)Nc2csc(-c3cncc(-c4ccc(C(=O)N(C)C5CCN(C)CC5)c(OC)c4)n3)c2)CCC1. The predicted molar refractivity (Wildman–Crippen MR) is 160 cm³/mol. The molecule has 2 fully saturated rings. The zero-order valence-corrected chi connectivity index (χ0v) is 24.7. The van der Waals surface area contributed by atoms with E-state index in [0.29, 0.717) is 23.4 Å². The van der Waals surface area contributed by atoms with Crippen molar-refractivity contribution >= 4 is 28.8 Å². The summed E-state index contributed by atoms with van der Waals surface area (Å²) in [6, 6.07) is 7.75. The number of thiophene rings is 1. The lowest BCUT2D eigenvalue weighted by molar-refractivity contribution is -0.120. The second-order valence-electron chi connectivity index (χ2n) is 11.3. The summed E-state index contributed by atoms with van der Waals surface area (Å²) in [5.74, 6) is 0.564. The Morgan fingerprint density at radius 1 is 1.18 bits per heavy atom. The molecular formula is C31H39N5O3S. The summed E-state index contributed by atoms with van der Waals surface area (Å²) >= 11 is 1.53. The van der Waals surface area contributed by atoms with Crippen LogP contribution in [0.15, 0.2) is 42.0 Å². The van der Waals surface area contributed by atoms with E-state index in [0.717, 1.165) is 67.0 Å². The van der Waals surface area contributed by atoms with Gasteiger partial charge >= 0.3 is 0 Å². The smallest absolute Gasteiger partial charge is 0.257 e. The maximum atomic E-state index is 13.4. The normalized spacial score (nSPS) is 17.2. The van der Waals surface area contributed by atoms with Crippen LogP contribution in [-0.4, -0.2) is 71.9 Å². The van der Waals surface area contributed by atoms with E-state index in [1.165, 1.54) is 17.8 Å². The Bertz CT molecular complexity index is 1350. The molecule has 212 valence electrons. The number of nitrogens with zero attached hydrogens (tertiary/aromatic N) is 4. The van der Waals surface area contributed by atoms with E-state index in [1.807, 2.05) is 41.6 Å². The van der Waals surface area contributed by atoms with Gasteiger partial charge in [-0.15, -0.1) is 11.3 Å². The average molecular weight is 562 g/mol. The van der Waals surface area contributed by atoms with Crippen LogP contribution in [0.4, 0.5) is 5.69 Å². The molecule has 0 radical (unpaired) electrons. The fraction of sp³-hybridized carbons (Fsp3) is 0.484. The molecule has 1 saturated heterocycles. The zero-order chi connectivity index (χ0) is 28.3. The number of hydrogen-bond donors (Lipinski definition) is 1. The molecule has 40 heavy (non-hydrogen) atoms. The van der Waals surface area contributed by atoms with Gasteiger partial charge in [-0.05, 0) is 75.9 Å². The van der Waals surface area contributed by atoms with Crippen molar-refractivity contribution in [3.8, 4) is 27.6 Å². The number of nitrogens with one attached hydrogen (secondary N) is 1. The van der Waals surface area contributed by atoms with Gasteiger partial charge in [0.2, 0.25) is 5.91 Å². The summed E-state index contributed by atoms with van der Waals surface area (Å²) < 4.78 is 5.65. The first-order valence-electron chi connectivity index (χ1n) is 14.2. The number of carbonyl (C=O) groups is 2. The van der Waals surface area contributed by atoms with Crippen LogP contribution < -0.4 is 10.1 Å². The van der Waals surface area contributed by atoms with E-state index < -0.39 is 0 Å². The molecule has 8 nitrogen and oxygen atoms in total. The minimum absolute atomic E-state index is 0.0342. The fourth-order valence-corrected chi connectivity index (χ4v) is 6.60. The van der Waals surface area contributed by atoms with Gasteiger partial charge in [0.25, 0.3) is 5.91 Å². The summed E-state index contributed by atoms with van der Waals surface area (Å²) in [6.45, 7) is 4.16. The van der Waals surface area contributed by atoms with Crippen molar-refractivity contribution in [2.75, 3.05) is 39.6 Å². The quantitative estimate of drug-likeness (QED) is 0.347. The third-order valence-corrected chi connectivity index (χ3v) is 9.71. The number of hydrogen-bond acceptors (Lipinski definition) is 7. The largest absolute Gasteiger partial charge is 0.496 e. The van der Waals surface area contributed by atoms with Crippen LogP contribution >= 0.6 is 11.3 Å². The molecule has 3 heterocycles. The molecule has 0 spiro atoms. The van der Waals surface area contributed by atoms with Gasteiger partial charge in [0.05, 0.1) is 47.0 Å². The molecule has 2 amide bonds. The second-order valence-corrected chi connectivity index (χ2v) is 12.2. The average Bonchev–Trinajstić information content (AvgIpc) is 3.42. The van der Waals surface area contributed by atoms with Crippen molar-refractivity contribution in [3.63, 3.8) is 0 Å². The zero-order valence-electron chi connectivity index (χ0n) is 23.9. The topological polar surface area (TPSA) is 87.7 Å². The minimum atomic E-state index is -0.0342. The van der Waals surface area contributed by atoms with Crippen molar-refractivity contribution in [1.82, 2.24) is 19.8 Å². The van der Waals surface area contributed by atoms with Gasteiger partial charge in [-0.3, -0.25) is 14.6 Å². The Kier molecular flexibility index (Phi) is 8.51. The Morgan fingerprint density at radius 3 is 2.60 bits per heavy atom. The number of rotatable bonds is 9. The minimum Gasteiger partial charge on any atom is -0.496 e. The van der Waals surface area contributed by atoms with Crippen LogP contribution in [0.3, 0.4) is 0 Å². The van der Waals surface area contributed by atoms with Crippen LogP contribution in [0.2, 0.25) is 0 Å². The van der Waals surface area contributed by atoms with Crippen molar-refractivity contribution in [3.05, 3.63) is 47.6 Å². The first-order valence-corrected chi connectivity index (χ1v) is 15.0. The number of carbonyl (C=O) groups excluding carboxylic acids is 2. The molecule has 9 heteroatoms. The number of aromatic nitrogens is 2. The van der Waals surface area contributed by atoms with Crippen LogP contribution in [0.5, 0.6) is 5.75 Å². The van der Waals surface area contributed by atoms with Gasteiger partial charge in [-0.2, -0.15) is 0 Å². The Hall–Kier alpha value is -3.30. The van der Waals surface area contributed by atoms with E-state index in [2.05, 4.69) is 29.2 Å². The second kappa shape index (κ2) is 12.1. The molecular weight excluding hydrogens is 522 g/mol. The van der Waals surface area contributed by atoms with Gasteiger partial charge in [0.15, 0.2) is 0 Å². The molecule has 1 saturated carbocycles. The van der Waals surface area contributed by atoms with Crippen molar-refractivity contribution < 1.29 is 14.3 Å². The first kappa shape index (κ1) is 28.2. The molecule has 1 aromatic carbocycles. The molecule has 0 atom stereocenters. The maximum Gasteiger partial charge on any atom is 0.257 e. The molecule has 1 aliphatic heterocycles. The lowest BCUT2D eigenvalue weighted by atomic mass is 9.65.